The summed E-state index contributed by atoms with van der Waals surface area (Å²) in [6.45, 7) is 6.14. The molecule has 0 aliphatic carbocycles. The lowest BCUT2D eigenvalue weighted by Crippen LogP contribution is -2.49. The molecule has 0 spiro atoms. The number of nitrogens with one attached hydrogen (secondary N) is 1. The van der Waals surface area contributed by atoms with Gasteiger partial charge in [-0.2, -0.15) is 0 Å². The Kier molecular flexibility index (Phi) is 5.79. The Morgan fingerprint density at radius 2 is 1.90 bits per heavy atom. The van der Waals surface area contributed by atoms with Crippen LogP contribution in [0.15, 0.2) is 60.8 Å². The maximum Gasteiger partial charge on any atom is 0.325 e. The molecule has 2 N–H and O–H groups in total. The van der Waals surface area contributed by atoms with Gasteiger partial charge in [-0.15, -0.1) is 0 Å². The Labute approximate surface area is 171 Å². The van der Waals surface area contributed by atoms with Crippen LogP contribution in [0.2, 0.25) is 0 Å². The van der Waals surface area contributed by atoms with E-state index in [2.05, 4.69) is 45.1 Å². The number of hydrogen-bond donors (Lipinski definition) is 2. The number of H-pyrrole nitrogens is 1. The summed E-state index contributed by atoms with van der Waals surface area (Å²) in [5.74, 6) is -0.787. The van der Waals surface area contributed by atoms with Gasteiger partial charge in [-0.25, -0.2) is 0 Å². The third-order valence-corrected chi connectivity index (χ3v) is 5.64. The third-order valence-electron chi connectivity index (χ3n) is 5.64. The number of carboxylic acids is 1. The zero-order valence-corrected chi connectivity index (χ0v) is 16.7. The summed E-state index contributed by atoms with van der Waals surface area (Å²) in [5.41, 5.74) is 4.18. The van der Waals surface area contributed by atoms with E-state index in [9.17, 15) is 9.90 Å². The van der Waals surface area contributed by atoms with Crippen LogP contribution in [0.5, 0.6) is 0 Å². The summed E-state index contributed by atoms with van der Waals surface area (Å²) >= 11 is 0. The molecule has 1 aliphatic rings. The van der Waals surface area contributed by atoms with Gasteiger partial charge in [-0.05, 0) is 24.6 Å². The SMILES string of the molecule is Cc1ccc2[nH]cc([C@@H](C(=O)O)N3CCN(C/C=C/c4ccccc4)CC3)c2c1. The van der Waals surface area contributed by atoms with Crippen LogP contribution in [0.25, 0.3) is 17.0 Å². The molecular formula is C24H27N3O2. The van der Waals surface area contributed by atoms with Crippen molar-refractivity contribution in [3.8, 4) is 0 Å². The number of carbonyl (C=O) groups is 1. The number of rotatable bonds is 6. The topological polar surface area (TPSA) is 59.6 Å². The van der Waals surface area contributed by atoms with Crippen LogP contribution in [0, 0.1) is 6.92 Å². The van der Waals surface area contributed by atoms with E-state index in [4.69, 9.17) is 0 Å². The number of piperazine rings is 1. The Morgan fingerprint density at radius 1 is 1.14 bits per heavy atom. The molecular weight excluding hydrogens is 362 g/mol. The Morgan fingerprint density at radius 3 is 2.62 bits per heavy atom. The van der Waals surface area contributed by atoms with Gasteiger partial charge in [-0.3, -0.25) is 14.6 Å². The molecule has 0 radical (unpaired) electrons. The van der Waals surface area contributed by atoms with E-state index >= 15 is 0 Å². The fourth-order valence-corrected chi connectivity index (χ4v) is 4.07. The molecule has 2 aromatic carbocycles. The lowest BCUT2D eigenvalue weighted by atomic mass is 10.0. The molecule has 1 fully saturated rings. The van der Waals surface area contributed by atoms with Gasteiger partial charge >= 0.3 is 5.97 Å². The molecule has 1 aliphatic heterocycles. The van der Waals surface area contributed by atoms with Gasteiger partial charge in [0.1, 0.15) is 6.04 Å². The number of nitrogens with zero attached hydrogens (tertiary/aromatic N) is 2. The lowest BCUT2D eigenvalue weighted by Gasteiger charge is -2.37. The molecule has 0 saturated carbocycles. The maximum absolute atomic E-state index is 12.2. The highest BCUT2D eigenvalue weighted by Gasteiger charge is 2.31. The largest absolute Gasteiger partial charge is 0.480 e. The van der Waals surface area contributed by atoms with Gasteiger partial charge in [0.15, 0.2) is 0 Å². The van der Waals surface area contributed by atoms with Crippen molar-refractivity contribution in [1.29, 1.82) is 0 Å². The first-order chi connectivity index (χ1) is 14.1. The second kappa shape index (κ2) is 8.64. The molecule has 5 nitrogen and oxygen atoms in total. The highest BCUT2D eigenvalue weighted by atomic mass is 16.4. The minimum atomic E-state index is -0.787. The van der Waals surface area contributed by atoms with Crippen LogP contribution in [0.1, 0.15) is 22.7 Å². The van der Waals surface area contributed by atoms with Crippen molar-refractivity contribution in [2.45, 2.75) is 13.0 Å². The van der Waals surface area contributed by atoms with Gasteiger partial charge in [0.2, 0.25) is 0 Å². The van der Waals surface area contributed by atoms with E-state index in [-0.39, 0.29) is 0 Å². The minimum Gasteiger partial charge on any atom is -0.480 e. The molecule has 0 amide bonds. The van der Waals surface area contributed by atoms with Crippen LogP contribution in [0.4, 0.5) is 0 Å². The van der Waals surface area contributed by atoms with Crippen molar-refractivity contribution in [2.24, 2.45) is 0 Å². The van der Waals surface area contributed by atoms with E-state index in [1.165, 1.54) is 5.56 Å². The number of benzene rings is 2. The molecule has 1 atom stereocenters. The van der Waals surface area contributed by atoms with Crippen LogP contribution in [-0.2, 0) is 4.79 Å². The van der Waals surface area contributed by atoms with Gasteiger partial charge in [0.25, 0.3) is 0 Å². The van der Waals surface area contributed by atoms with E-state index in [0.717, 1.165) is 54.8 Å². The average Bonchev–Trinajstić information content (AvgIpc) is 3.13. The Bertz CT molecular complexity index is 1000. The zero-order valence-electron chi connectivity index (χ0n) is 16.7. The van der Waals surface area contributed by atoms with Crippen molar-refractivity contribution in [3.05, 3.63) is 77.5 Å². The summed E-state index contributed by atoms with van der Waals surface area (Å²) in [7, 11) is 0. The predicted molar refractivity (Wildman–Crippen MR) is 117 cm³/mol. The first-order valence-corrected chi connectivity index (χ1v) is 10.1. The van der Waals surface area contributed by atoms with Gasteiger partial charge < -0.3 is 10.1 Å². The Balaban J connectivity index is 1.42. The number of aromatic nitrogens is 1. The smallest absolute Gasteiger partial charge is 0.325 e. The highest BCUT2D eigenvalue weighted by molar-refractivity contribution is 5.89. The molecule has 150 valence electrons. The fraction of sp³-hybridized carbons (Fsp3) is 0.292. The molecule has 4 rings (SSSR count). The highest BCUT2D eigenvalue weighted by Crippen LogP contribution is 2.30. The zero-order chi connectivity index (χ0) is 20.2. The number of fused-ring (bicyclic) bond motifs is 1. The van der Waals surface area contributed by atoms with Crippen molar-refractivity contribution >= 4 is 22.9 Å². The predicted octanol–water partition coefficient (Wildman–Crippen LogP) is 3.93. The summed E-state index contributed by atoms with van der Waals surface area (Å²) < 4.78 is 0. The molecule has 2 heterocycles. The third kappa shape index (κ3) is 4.42. The second-order valence-corrected chi connectivity index (χ2v) is 7.68. The fourth-order valence-electron chi connectivity index (χ4n) is 4.07. The minimum absolute atomic E-state index is 0.618. The molecule has 29 heavy (non-hydrogen) atoms. The molecule has 0 bridgehead atoms. The summed E-state index contributed by atoms with van der Waals surface area (Å²) in [6.07, 6.45) is 6.18. The monoisotopic (exact) mass is 389 g/mol. The van der Waals surface area contributed by atoms with Gasteiger partial charge in [0.05, 0.1) is 0 Å². The van der Waals surface area contributed by atoms with Crippen molar-refractivity contribution in [2.75, 3.05) is 32.7 Å². The normalized spacial score (nSPS) is 17.1. The number of aromatic amines is 1. The van der Waals surface area contributed by atoms with Crippen molar-refractivity contribution in [1.82, 2.24) is 14.8 Å². The summed E-state index contributed by atoms with van der Waals surface area (Å²) in [5, 5.41) is 11.0. The van der Waals surface area contributed by atoms with Crippen LogP contribution < -0.4 is 0 Å². The number of aliphatic carboxylic acids is 1. The lowest BCUT2D eigenvalue weighted by molar-refractivity contribution is -0.144. The average molecular weight is 389 g/mol. The van der Waals surface area contributed by atoms with Crippen molar-refractivity contribution < 1.29 is 9.90 Å². The quantitative estimate of drug-likeness (QED) is 0.671. The number of carboxylic acid groups (broad SMARTS) is 1. The standard InChI is InChI=1S/C24H27N3O2/c1-18-9-10-22-20(16-18)21(17-25-22)23(24(28)29)27-14-12-26(13-15-27)11-5-8-19-6-3-2-4-7-19/h2-10,16-17,23,25H,11-15H2,1H3,(H,28,29)/b8-5+/t23-/m0/s1. The molecule has 0 unspecified atom stereocenters. The summed E-state index contributed by atoms with van der Waals surface area (Å²) in [4.78, 5) is 19.8. The van der Waals surface area contributed by atoms with Crippen LogP contribution >= 0.6 is 0 Å². The van der Waals surface area contributed by atoms with Crippen LogP contribution in [-0.4, -0.2) is 58.6 Å². The molecule has 1 aromatic heterocycles. The van der Waals surface area contributed by atoms with Gasteiger partial charge in [-0.1, -0.05) is 54.1 Å². The number of hydrogen-bond acceptors (Lipinski definition) is 3. The van der Waals surface area contributed by atoms with Gasteiger partial charge in [0, 0.05) is 55.4 Å². The maximum atomic E-state index is 12.2. The molecule has 1 saturated heterocycles. The van der Waals surface area contributed by atoms with E-state index in [0.29, 0.717) is 0 Å². The van der Waals surface area contributed by atoms with Crippen LogP contribution in [0.3, 0.4) is 0 Å². The van der Waals surface area contributed by atoms with E-state index in [1.807, 2.05) is 43.5 Å². The van der Waals surface area contributed by atoms with E-state index in [1.54, 1.807) is 0 Å². The molecule has 5 heteroatoms. The number of aryl methyl sites for hydroxylation is 1. The first kappa shape index (κ1) is 19.4. The summed E-state index contributed by atoms with van der Waals surface area (Å²) in [6, 6.07) is 15.8. The second-order valence-electron chi connectivity index (χ2n) is 7.68. The van der Waals surface area contributed by atoms with E-state index < -0.39 is 12.0 Å². The first-order valence-electron chi connectivity index (χ1n) is 10.1. The molecule has 3 aromatic rings. The Hall–Kier alpha value is -2.89. The van der Waals surface area contributed by atoms with Crippen molar-refractivity contribution in [3.63, 3.8) is 0 Å².